The van der Waals surface area contributed by atoms with E-state index in [4.69, 9.17) is 4.74 Å². The molecule has 8 nitrogen and oxygen atoms in total. The average molecular weight is 446 g/mol. The fraction of sp³-hybridized carbons (Fsp3) is 0.167. The number of halogens is 1. The van der Waals surface area contributed by atoms with Gasteiger partial charge < -0.3 is 15.4 Å². The van der Waals surface area contributed by atoms with E-state index in [9.17, 15) is 4.79 Å². The summed E-state index contributed by atoms with van der Waals surface area (Å²) in [5.41, 5.74) is 2.70. The molecule has 0 aliphatic heterocycles. The lowest BCUT2D eigenvalue weighted by molar-refractivity contribution is 0.252. The van der Waals surface area contributed by atoms with Gasteiger partial charge in [-0.2, -0.15) is 0 Å². The SMILES string of the molecule is CCNC(=O)Nc1cc2c(F)c(NCc3ccccc3)cc(-c3cnc(OC)nc3)c2cn1. The third-order valence-electron chi connectivity index (χ3n) is 4.98. The highest BCUT2D eigenvalue weighted by Crippen LogP contribution is 2.35. The Labute approximate surface area is 190 Å². The minimum Gasteiger partial charge on any atom is -0.467 e. The molecule has 4 rings (SSSR count). The molecule has 0 aliphatic rings. The van der Waals surface area contributed by atoms with Crippen LogP contribution in [-0.2, 0) is 6.54 Å². The van der Waals surface area contributed by atoms with E-state index in [0.717, 1.165) is 5.56 Å². The Bertz CT molecular complexity index is 1270. The first-order valence-electron chi connectivity index (χ1n) is 10.4. The van der Waals surface area contributed by atoms with Crippen molar-refractivity contribution >= 4 is 28.3 Å². The van der Waals surface area contributed by atoms with Gasteiger partial charge in [0.25, 0.3) is 0 Å². The first-order valence-corrected chi connectivity index (χ1v) is 10.4. The topological polar surface area (TPSA) is 101 Å². The zero-order valence-corrected chi connectivity index (χ0v) is 18.2. The van der Waals surface area contributed by atoms with Crippen molar-refractivity contribution in [2.45, 2.75) is 13.5 Å². The van der Waals surface area contributed by atoms with Gasteiger partial charge in [0.05, 0.1) is 12.8 Å². The summed E-state index contributed by atoms with van der Waals surface area (Å²) in [6.07, 6.45) is 4.75. The Morgan fingerprint density at radius 3 is 2.48 bits per heavy atom. The van der Waals surface area contributed by atoms with Gasteiger partial charge in [0.1, 0.15) is 5.82 Å². The largest absolute Gasteiger partial charge is 0.467 e. The van der Waals surface area contributed by atoms with E-state index < -0.39 is 11.8 Å². The first kappa shape index (κ1) is 21.9. The van der Waals surface area contributed by atoms with Gasteiger partial charge in [-0.3, -0.25) is 5.32 Å². The molecule has 3 N–H and O–H groups in total. The maximum Gasteiger partial charge on any atom is 0.320 e. The summed E-state index contributed by atoms with van der Waals surface area (Å²) in [5, 5.41) is 9.30. The van der Waals surface area contributed by atoms with Crippen molar-refractivity contribution in [1.82, 2.24) is 20.3 Å². The van der Waals surface area contributed by atoms with E-state index in [1.807, 2.05) is 30.3 Å². The van der Waals surface area contributed by atoms with Crippen LogP contribution < -0.4 is 20.7 Å². The zero-order valence-electron chi connectivity index (χ0n) is 18.2. The number of carbonyl (C=O) groups excluding carboxylic acids is 1. The summed E-state index contributed by atoms with van der Waals surface area (Å²) in [7, 11) is 1.49. The average Bonchev–Trinajstić information content (AvgIpc) is 2.85. The van der Waals surface area contributed by atoms with E-state index in [2.05, 4.69) is 30.9 Å². The first-order chi connectivity index (χ1) is 16.1. The highest BCUT2D eigenvalue weighted by atomic mass is 19.1. The number of nitrogens with zero attached hydrogens (tertiary/aromatic N) is 3. The van der Waals surface area contributed by atoms with Crippen LogP contribution in [0.2, 0.25) is 0 Å². The third-order valence-corrected chi connectivity index (χ3v) is 4.98. The summed E-state index contributed by atoms with van der Waals surface area (Å²) in [4.78, 5) is 24.5. The molecule has 2 aromatic heterocycles. The van der Waals surface area contributed by atoms with Crippen LogP contribution in [-0.4, -0.2) is 34.6 Å². The number of nitrogens with one attached hydrogen (secondary N) is 3. The molecule has 4 aromatic rings. The molecule has 0 fully saturated rings. The number of hydrogen-bond acceptors (Lipinski definition) is 6. The van der Waals surface area contributed by atoms with Crippen LogP contribution in [0, 0.1) is 5.82 Å². The molecule has 0 unspecified atom stereocenters. The van der Waals surface area contributed by atoms with Crippen molar-refractivity contribution in [3.63, 3.8) is 0 Å². The molecule has 0 spiro atoms. The molecule has 0 radical (unpaired) electrons. The van der Waals surface area contributed by atoms with E-state index >= 15 is 4.39 Å². The number of amides is 2. The van der Waals surface area contributed by atoms with Crippen LogP contribution in [0.1, 0.15) is 12.5 Å². The number of benzene rings is 2. The number of anilines is 2. The molecule has 0 bridgehead atoms. The molecule has 0 aliphatic carbocycles. The van der Waals surface area contributed by atoms with Crippen molar-refractivity contribution in [1.29, 1.82) is 0 Å². The number of fused-ring (bicyclic) bond motifs is 1. The van der Waals surface area contributed by atoms with E-state index in [1.165, 1.54) is 19.4 Å². The Morgan fingerprint density at radius 2 is 1.79 bits per heavy atom. The predicted molar refractivity (Wildman–Crippen MR) is 126 cm³/mol. The second-order valence-electron chi connectivity index (χ2n) is 7.18. The minimum absolute atomic E-state index is 0.235. The summed E-state index contributed by atoms with van der Waals surface area (Å²) in [5.74, 6) is -0.204. The lowest BCUT2D eigenvalue weighted by atomic mass is 10.00. The van der Waals surface area contributed by atoms with Crippen molar-refractivity contribution < 1.29 is 13.9 Å². The van der Waals surface area contributed by atoms with Crippen molar-refractivity contribution in [2.24, 2.45) is 0 Å². The van der Waals surface area contributed by atoms with Crippen LogP contribution in [0.4, 0.5) is 20.7 Å². The molecular formula is C24H23FN6O2. The minimum atomic E-state index is -0.444. The zero-order chi connectivity index (χ0) is 23.2. The highest BCUT2D eigenvalue weighted by Gasteiger charge is 2.16. The van der Waals surface area contributed by atoms with Crippen molar-refractivity contribution in [2.75, 3.05) is 24.3 Å². The lowest BCUT2D eigenvalue weighted by Gasteiger charge is -2.15. The van der Waals surface area contributed by atoms with Crippen LogP contribution in [0.3, 0.4) is 0 Å². The number of rotatable bonds is 7. The second kappa shape index (κ2) is 9.90. The Morgan fingerprint density at radius 1 is 1.03 bits per heavy atom. The molecule has 2 amide bonds. The molecule has 9 heteroatoms. The summed E-state index contributed by atoms with van der Waals surface area (Å²) in [6.45, 7) is 2.71. The smallest absolute Gasteiger partial charge is 0.320 e. The number of ether oxygens (including phenoxy) is 1. The molecule has 0 saturated heterocycles. The van der Waals surface area contributed by atoms with Gasteiger partial charge in [-0.05, 0) is 30.2 Å². The van der Waals surface area contributed by atoms with Gasteiger partial charge in [0.2, 0.25) is 0 Å². The molecule has 168 valence electrons. The van der Waals surface area contributed by atoms with E-state index in [1.54, 1.807) is 25.4 Å². The van der Waals surface area contributed by atoms with Gasteiger partial charge in [0, 0.05) is 48.0 Å². The summed E-state index contributed by atoms with van der Waals surface area (Å²) in [6, 6.07) is 12.8. The van der Waals surface area contributed by atoms with Crippen molar-refractivity contribution in [3.05, 3.63) is 72.4 Å². The lowest BCUT2D eigenvalue weighted by Crippen LogP contribution is -2.28. The molecule has 0 saturated carbocycles. The molecule has 2 aromatic carbocycles. The van der Waals surface area contributed by atoms with Gasteiger partial charge in [0.15, 0.2) is 5.82 Å². The Balaban J connectivity index is 1.79. The third kappa shape index (κ3) is 4.98. The number of hydrogen-bond donors (Lipinski definition) is 3. The summed E-state index contributed by atoms with van der Waals surface area (Å²) >= 11 is 0. The predicted octanol–water partition coefficient (Wildman–Crippen LogP) is 4.59. The monoisotopic (exact) mass is 446 g/mol. The normalized spacial score (nSPS) is 10.6. The maximum absolute atomic E-state index is 15.6. The second-order valence-corrected chi connectivity index (χ2v) is 7.18. The fourth-order valence-electron chi connectivity index (χ4n) is 3.39. The highest BCUT2D eigenvalue weighted by molar-refractivity contribution is 6.01. The van der Waals surface area contributed by atoms with Gasteiger partial charge in [-0.1, -0.05) is 30.3 Å². The maximum atomic E-state index is 15.6. The molecule has 2 heterocycles. The standard InChI is InChI=1S/C24H23FN6O2/c1-3-26-23(32)31-21-10-18-19(14-28-21)17(16-12-29-24(33-2)30-13-16)9-20(22(18)25)27-11-15-7-5-4-6-8-15/h4-10,12-14,27H,3,11H2,1-2H3,(H2,26,28,31,32). The fourth-order valence-corrected chi connectivity index (χ4v) is 3.39. The van der Waals surface area contributed by atoms with Crippen LogP contribution in [0.25, 0.3) is 21.9 Å². The number of methoxy groups -OCH3 is 1. The Hall–Kier alpha value is -4.27. The van der Waals surface area contributed by atoms with Crippen LogP contribution in [0.15, 0.2) is 61.1 Å². The number of carbonyl (C=O) groups is 1. The Kier molecular flexibility index (Phi) is 6.58. The van der Waals surface area contributed by atoms with Gasteiger partial charge in [-0.15, -0.1) is 0 Å². The van der Waals surface area contributed by atoms with E-state index in [0.29, 0.717) is 40.7 Å². The van der Waals surface area contributed by atoms with E-state index in [-0.39, 0.29) is 11.8 Å². The number of urea groups is 1. The van der Waals surface area contributed by atoms with Crippen LogP contribution >= 0.6 is 0 Å². The number of aromatic nitrogens is 3. The molecular weight excluding hydrogens is 423 g/mol. The van der Waals surface area contributed by atoms with Gasteiger partial charge >= 0.3 is 12.0 Å². The van der Waals surface area contributed by atoms with Crippen molar-refractivity contribution in [3.8, 4) is 17.1 Å². The van der Waals surface area contributed by atoms with Gasteiger partial charge in [-0.25, -0.2) is 24.1 Å². The molecule has 0 atom stereocenters. The quantitative estimate of drug-likeness (QED) is 0.384. The summed E-state index contributed by atoms with van der Waals surface area (Å²) < 4.78 is 20.6. The number of pyridine rings is 1. The molecule has 33 heavy (non-hydrogen) atoms. The van der Waals surface area contributed by atoms with Crippen LogP contribution in [0.5, 0.6) is 6.01 Å².